The number of likely N-dealkylation sites (N-methyl/N-ethyl adjacent to an activating group) is 2. The van der Waals surface area contributed by atoms with Gasteiger partial charge in [-0.25, -0.2) is 4.79 Å². The Bertz CT molecular complexity index is 1520. The predicted molar refractivity (Wildman–Crippen MR) is 173 cm³/mol. The molecule has 3 heterocycles. The molecular formula is C35H46N6O3. The van der Waals surface area contributed by atoms with Gasteiger partial charge < -0.3 is 30.3 Å². The van der Waals surface area contributed by atoms with Crippen LogP contribution in [-0.4, -0.2) is 96.9 Å². The van der Waals surface area contributed by atoms with Crippen LogP contribution in [0.15, 0.2) is 54.7 Å². The SMILES string of the molecule is C[C@H](c1c[nH]c2ccccc12)[C@@H](NC(=O)N(C)[C@@H]1CCCNC1)C(=O)N1CCC2(CC1)C[C@@H](C(=O)N(C)C)c1ccccc12. The van der Waals surface area contributed by atoms with E-state index in [1.54, 1.807) is 9.80 Å². The number of para-hydroxylation sites is 1. The van der Waals surface area contributed by atoms with Gasteiger partial charge in [0.25, 0.3) is 0 Å². The number of amides is 4. The summed E-state index contributed by atoms with van der Waals surface area (Å²) in [6.07, 6.45) is 6.30. The Hall–Kier alpha value is -3.85. The molecule has 1 aliphatic carbocycles. The minimum atomic E-state index is -0.714. The van der Waals surface area contributed by atoms with Crippen LogP contribution in [0.2, 0.25) is 0 Å². The van der Waals surface area contributed by atoms with Gasteiger partial charge in [0.2, 0.25) is 11.8 Å². The first kappa shape index (κ1) is 30.2. The molecule has 4 amide bonds. The van der Waals surface area contributed by atoms with Gasteiger partial charge >= 0.3 is 6.03 Å². The zero-order valence-electron chi connectivity index (χ0n) is 26.4. The van der Waals surface area contributed by atoms with Gasteiger partial charge in [0.1, 0.15) is 6.04 Å². The highest BCUT2D eigenvalue weighted by Gasteiger charge is 2.49. The fourth-order valence-electron chi connectivity index (χ4n) is 7.87. The fraction of sp³-hybridized carbons (Fsp3) is 0.514. The summed E-state index contributed by atoms with van der Waals surface area (Å²) in [5.74, 6) is -0.304. The summed E-state index contributed by atoms with van der Waals surface area (Å²) >= 11 is 0. The van der Waals surface area contributed by atoms with Crippen LogP contribution in [0.25, 0.3) is 10.9 Å². The number of piperidine rings is 2. The first-order chi connectivity index (χ1) is 21.2. The number of likely N-dealkylation sites (tertiary alicyclic amines) is 1. The van der Waals surface area contributed by atoms with E-state index < -0.39 is 6.04 Å². The van der Waals surface area contributed by atoms with Gasteiger partial charge in [0.05, 0.1) is 5.92 Å². The average molecular weight is 599 g/mol. The smallest absolute Gasteiger partial charge is 0.318 e. The molecule has 234 valence electrons. The molecule has 3 N–H and O–H groups in total. The largest absolute Gasteiger partial charge is 0.361 e. The van der Waals surface area contributed by atoms with Crippen LogP contribution in [0.3, 0.4) is 0 Å². The van der Waals surface area contributed by atoms with E-state index in [4.69, 9.17) is 0 Å². The molecule has 2 aliphatic heterocycles. The van der Waals surface area contributed by atoms with E-state index in [-0.39, 0.29) is 41.1 Å². The van der Waals surface area contributed by atoms with E-state index in [1.165, 1.54) is 5.56 Å². The summed E-state index contributed by atoms with van der Waals surface area (Å²) in [5.41, 5.74) is 4.29. The minimum absolute atomic E-state index is 0.0478. The van der Waals surface area contributed by atoms with Crippen molar-refractivity contribution in [1.29, 1.82) is 0 Å². The Morgan fingerprint density at radius 1 is 1.02 bits per heavy atom. The van der Waals surface area contributed by atoms with Crippen molar-refractivity contribution < 1.29 is 14.4 Å². The van der Waals surface area contributed by atoms with E-state index in [0.29, 0.717) is 13.1 Å². The summed E-state index contributed by atoms with van der Waals surface area (Å²) in [6, 6.07) is 15.6. The Morgan fingerprint density at radius 2 is 1.75 bits per heavy atom. The van der Waals surface area contributed by atoms with Crippen LogP contribution < -0.4 is 10.6 Å². The molecule has 4 atom stereocenters. The van der Waals surface area contributed by atoms with Crippen LogP contribution in [0, 0.1) is 0 Å². The lowest BCUT2D eigenvalue weighted by molar-refractivity contribution is -0.136. The highest BCUT2D eigenvalue weighted by molar-refractivity contribution is 5.90. The second-order valence-electron chi connectivity index (χ2n) is 13.3. The van der Waals surface area contributed by atoms with E-state index in [1.807, 2.05) is 63.4 Å². The molecule has 2 fully saturated rings. The molecule has 1 spiro atoms. The van der Waals surface area contributed by atoms with Gasteiger partial charge in [0, 0.05) is 75.3 Å². The predicted octanol–water partition coefficient (Wildman–Crippen LogP) is 4.17. The first-order valence-corrected chi connectivity index (χ1v) is 16.1. The van der Waals surface area contributed by atoms with Crippen molar-refractivity contribution in [2.75, 3.05) is 47.3 Å². The Balaban J connectivity index is 1.23. The van der Waals surface area contributed by atoms with Crippen molar-refractivity contribution >= 4 is 28.7 Å². The molecule has 44 heavy (non-hydrogen) atoms. The lowest BCUT2D eigenvalue weighted by Crippen LogP contribution is -2.58. The Labute approximate surface area is 260 Å². The third-order valence-corrected chi connectivity index (χ3v) is 10.6. The summed E-state index contributed by atoms with van der Waals surface area (Å²) in [4.78, 5) is 50.0. The summed E-state index contributed by atoms with van der Waals surface area (Å²) < 4.78 is 0. The molecule has 9 nitrogen and oxygen atoms in total. The van der Waals surface area contributed by atoms with Crippen molar-refractivity contribution in [2.45, 2.75) is 68.4 Å². The van der Waals surface area contributed by atoms with E-state index >= 15 is 0 Å². The highest BCUT2D eigenvalue weighted by Crippen LogP contribution is 2.52. The maximum atomic E-state index is 14.4. The molecule has 0 unspecified atom stereocenters. The lowest BCUT2D eigenvalue weighted by atomic mass is 9.73. The van der Waals surface area contributed by atoms with Crippen LogP contribution in [0.5, 0.6) is 0 Å². The number of nitrogens with zero attached hydrogens (tertiary/aromatic N) is 3. The number of carbonyl (C=O) groups excluding carboxylic acids is 3. The summed E-state index contributed by atoms with van der Waals surface area (Å²) in [6.45, 7) is 4.94. The van der Waals surface area contributed by atoms with E-state index in [9.17, 15) is 14.4 Å². The number of H-pyrrole nitrogens is 1. The number of hydrogen-bond acceptors (Lipinski definition) is 4. The quantitative estimate of drug-likeness (QED) is 0.397. The molecule has 2 aromatic carbocycles. The number of urea groups is 1. The monoisotopic (exact) mass is 598 g/mol. The lowest BCUT2D eigenvalue weighted by Gasteiger charge is -2.42. The van der Waals surface area contributed by atoms with Gasteiger partial charge in [-0.1, -0.05) is 49.4 Å². The van der Waals surface area contributed by atoms with Crippen molar-refractivity contribution in [3.8, 4) is 0 Å². The maximum absolute atomic E-state index is 14.4. The number of aromatic nitrogens is 1. The van der Waals surface area contributed by atoms with Crippen molar-refractivity contribution in [1.82, 2.24) is 30.3 Å². The van der Waals surface area contributed by atoms with E-state index in [2.05, 4.69) is 39.9 Å². The van der Waals surface area contributed by atoms with Gasteiger partial charge in [-0.2, -0.15) is 0 Å². The second kappa shape index (κ2) is 12.3. The second-order valence-corrected chi connectivity index (χ2v) is 13.3. The van der Waals surface area contributed by atoms with Crippen molar-refractivity contribution in [3.63, 3.8) is 0 Å². The Kier molecular flexibility index (Phi) is 8.42. The molecule has 0 saturated carbocycles. The van der Waals surface area contributed by atoms with Crippen LogP contribution in [-0.2, 0) is 15.0 Å². The number of carbonyl (C=O) groups is 3. The number of fused-ring (bicyclic) bond motifs is 3. The molecule has 3 aromatic rings. The topological polar surface area (TPSA) is 101 Å². The van der Waals surface area contributed by atoms with Gasteiger partial charge in [-0.05, 0) is 61.4 Å². The number of aromatic amines is 1. The first-order valence-electron chi connectivity index (χ1n) is 16.1. The summed E-state index contributed by atoms with van der Waals surface area (Å²) in [7, 11) is 5.48. The molecule has 2 saturated heterocycles. The number of benzene rings is 2. The number of rotatable bonds is 6. The van der Waals surface area contributed by atoms with Crippen LogP contribution in [0.4, 0.5) is 4.79 Å². The standard InChI is InChI=1S/C35H46N6O3/c1-23(28-22-37-30-14-8-6-12-26(28)30)31(38-34(44)40(4)24-10-9-17-36-21-24)33(43)41-18-15-35(16-19-41)20-27(32(42)39(2)3)25-11-5-7-13-29(25)35/h5-8,11-14,22-24,27,31,36-37H,9-10,15-21H2,1-4H3,(H,38,44)/t23-,24-,27-,31-/m1/s1. The third kappa shape index (κ3) is 5.47. The minimum Gasteiger partial charge on any atom is -0.361 e. The molecule has 1 aromatic heterocycles. The average Bonchev–Trinajstić information content (AvgIpc) is 3.63. The molecule has 0 bridgehead atoms. The number of nitrogens with one attached hydrogen (secondary N) is 3. The van der Waals surface area contributed by atoms with E-state index in [0.717, 1.165) is 67.2 Å². The fourth-order valence-corrected chi connectivity index (χ4v) is 7.87. The highest BCUT2D eigenvalue weighted by atomic mass is 16.2. The van der Waals surface area contributed by atoms with Gasteiger partial charge in [-0.15, -0.1) is 0 Å². The van der Waals surface area contributed by atoms with Gasteiger partial charge in [0.15, 0.2) is 0 Å². The molecule has 9 heteroatoms. The molecule has 6 rings (SSSR count). The molecule has 3 aliphatic rings. The Morgan fingerprint density at radius 3 is 2.48 bits per heavy atom. The zero-order valence-corrected chi connectivity index (χ0v) is 26.4. The third-order valence-electron chi connectivity index (χ3n) is 10.6. The van der Waals surface area contributed by atoms with Crippen LogP contribution in [0.1, 0.15) is 67.6 Å². The maximum Gasteiger partial charge on any atom is 0.318 e. The van der Waals surface area contributed by atoms with Crippen LogP contribution >= 0.6 is 0 Å². The normalized spacial score (nSPS) is 22.3. The number of hydrogen-bond donors (Lipinski definition) is 3. The zero-order chi connectivity index (χ0) is 31.0. The summed E-state index contributed by atoms with van der Waals surface area (Å²) in [5, 5.41) is 7.63. The van der Waals surface area contributed by atoms with Crippen molar-refractivity contribution in [3.05, 3.63) is 71.4 Å². The van der Waals surface area contributed by atoms with Gasteiger partial charge in [-0.3, -0.25) is 9.59 Å². The van der Waals surface area contributed by atoms with Crippen molar-refractivity contribution in [2.24, 2.45) is 0 Å². The molecular weight excluding hydrogens is 552 g/mol. The molecule has 0 radical (unpaired) electrons.